The van der Waals surface area contributed by atoms with Crippen LogP contribution in [0.15, 0.2) is 18.2 Å². The van der Waals surface area contributed by atoms with E-state index in [-0.39, 0.29) is 11.4 Å². The highest BCUT2D eigenvalue weighted by Gasteiger charge is 2.17. The monoisotopic (exact) mass is 254 g/mol. The van der Waals surface area contributed by atoms with Crippen LogP contribution in [0.3, 0.4) is 0 Å². The van der Waals surface area contributed by atoms with E-state index in [0.29, 0.717) is 24.3 Å². The summed E-state index contributed by atoms with van der Waals surface area (Å²) < 4.78 is 18.6. The number of rotatable bonds is 6. The Morgan fingerprint density at radius 1 is 1.50 bits per heavy atom. The van der Waals surface area contributed by atoms with Gasteiger partial charge in [-0.15, -0.1) is 0 Å². The lowest BCUT2D eigenvalue weighted by atomic mass is 10.1. The van der Waals surface area contributed by atoms with Gasteiger partial charge in [0.1, 0.15) is 5.82 Å². The molecule has 0 aliphatic rings. The molecule has 1 aromatic carbocycles. The van der Waals surface area contributed by atoms with Crippen LogP contribution >= 0.6 is 0 Å². The molecule has 100 valence electrons. The maximum Gasteiger partial charge on any atom is 0.248 e. The summed E-state index contributed by atoms with van der Waals surface area (Å²) in [5, 5.41) is 3.17. The second-order valence-electron chi connectivity index (χ2n) is 4.84. The zero-order chi connectivity index (χ0) is 13.8. The van der Waals surface area contributed by atoms with Crippen molar-refractivity contribution in [2.75, 3.05) is 13.7 Å². The Morgan fingerprint density at radius 2 is 2.17 bits per heavy atom. The molecule has 1 aromatic rings. The third kappa shape index (κ3) is 4.09. The summed E-state index contributed by atoms with van der Waals surface area (Å²) in [5.41, 5.74) is 5.60. The van der Waals surface area contributed by atoms with Crippen LogP contribution in [-0.2, 0) is 11.3 Å². The van der Waals surface area contributed by atoms with E-state index in [1.165, 1.54) is 18.2 Å². The van der Waals surface area contributed by atoms with E-state index in [9.17, 15) is 9.18 Å². The van der Waals surface area contributed by atoms with E-state index >= 15 is 0 Å². The van der Waals surface area contributed by atoms with Gasteiger partial charge in [0.2, 0.25) is 5.91 Å². The van der Waals surface area contributed by atoms with Gasteiger partial charge in [-0.1, -0.05) is 0 Å². The van der Waals surface area contributed by atoms with E-state index in [4.69, 9.17) is 10.5 Å². The fraction of sp³-hybridized carbons (Fsp3) is 0.462. The topological polar surface area (TPSA) is 64.3 Å². The standard InChI is InChI=1S/C13H19FN2O2/c1-13(2,8-18-3)16-7-10-6-9(12(15)17)4-5-11(10)14/h4-6,16H,7-8H2,1-3H3,(H2,15,17). The van der Waals surface area contributed by atoms with Crippen molar-refractivity contribution in [1.29, 1.82) is 0 Å². The van der Waals surface area contributed by atoms with Crippen molar-refractivity contribution in [1.82, 2.24) is 5.32 Å². The van der Waals surface area contributed by atoms with Crippen LogP contribution < -0.4 is 11.1 Å². The Balaban J connectivity index is 2.78. The fourth-order valence-corrected chi connectivity index (χ4v) is 1.61. The van der Waals surface area contributed by atoms with Gasteiger partial charge in [-0.3, -0.25) is 4.79 Å². The average Bonchev–Trinajstić information content (AvgIpc) is 2.27. The van der Waals surface area contributed by atoms with E-state index in [1.54, 1.807) is 7.11 Å². The van der Waals surface area contributed by atoms with Gasteiger partial charge >= 0.3 is 0 Å². The Kier molecular flexibility index (Phi) is 4.81. The molecule has 0 saturated heterocycles. The minimum atomic E-state index is -0.563. The van der Waals surface area contributed by atoms with Crippen LogP contribution in [0.5, 0.6) is 0 Å². The second kappa shape index (κ2) is 5.93. The van der Waals surface area contributed by atoms with Crippen molar-refractivity contribution in [3.8, 4) is 0 Å². The number of nitrogens with two attached hydrogens (primary N) is 1. The SMILES string of the molecule is COCC(C)(C)NCc1cc(C(N)=O)ccc1F. The number of amides is 1. The van der Waals surface area contributed by atoms with Crippen molar-refractivity contribution in [2.45, 2.75) is 25.9 Å². The summed E-state index contributed by atoms with van der Waals surface area (Å²) >= 11 is 0. The first-order valence-electron chi connectivity index (χ1n) is 5.68. The lowest BCUT2D eigenvalue weighted by Gasteiger charge is -2.25. The molecule has 3 N–H and O–H groups in total. The summed E-state index contributed by atoms with van der Waals surface area (Å²) in [6, 6.07) is 4.09. The number of halogens is 1. The van der Waals surface area contributed by atoms with Crippen LogP contribution in [0.25, 0.3) is 0 Å². The molecule has 0 spiro atoms. The molecule has 0 aliphatic heterocycles. The van der Waals surface area contributed by atoms with Gasteiger partial charge in [-0.2, -0.15) is 0 Å². The number of ether oxygens (including phenoxy) is 1. The van der Waals surface area contributed by atoms with Crippen molar-refractivity contribution in [2.24, 2.45) is 5.73 Å². The number of carbonyl (C=O) groups is 1. The Hall–Kier alpha value is -1.46. The predicted molar refractivity (Wildman–Crippen MR) is 67.7 cm³/mol. The normalized spacial score (nSPS) is 11.6. The lowest BCUT2D eigenvalue weighted by molar-refractivity contribution is 0.1000. The van der Waals surface area contributed by atoms with E-state index in [0.717, 1.165) is 0 Å². The molecule has 18 heavy (non-hydrogen) atoms. The van der Waals surface area contributed by atoms with E-state index in [1.807, 2.05) is 13.8 Å². The largest absolute Gasteiger partial charge is 0.383 e. The Morgan fingerprint density at radius 3 is 2.72 bits per heavy atom. The zero-order valence-corrected chi connectivity index (χ0v) is 10.9. The molecule has 0 saturated carbocycles. The van der Waals surface area contributed by atoms with Gasteiger partial charge in [-0.05, 0) is 32.0 Å². The molecule has 5 heteroatoms. The summed E-state index contributed by atoms with van der Waals surface area (Å²) in [4.78, 5) is 11.0. The lowest BCUT2D eigenvalue weighted by Crippen LogP contribution is -2.42. The van der Waals surface area contributed by atoms with Crippen LogP contribution in [0.2, 0.25) is 0 Å². The molecular weight excluding hydrogens is 235 g/mol. The van der Waals surface area contributed by atoms with Crippen LogP contribution in [-0.4, -0.2) is 25.2 Å². The number of primary amides is 1. The number of nitrogens with one attached hydrogen (secondary N) is 1. The maximum absolute atomic E-state index is 13.6. The summed E-state index contributed by atoms with van der Waals surface area (Å²) in [7, 11) is 1.61. The number of hydrogen-bond acceptors (Lipinski definition) is 3. The van der Waals surface area contributed by atoms with Crippen molar-refractivity contribution >= 4 is 5.91 Å². The number of carbonyl (C=O) groups excluding carboxylic acids is 1. The first-order valence-corrected chi connectivity index (χ1v) is 5.68. The smallest absolute Gasteiger partial charge is 0.248 e. The molecule has 0 fully saturated rings. The number of benzene rings is 1. The third-order valence-corrected chi connectivity index (χ3v) is 2.59. The molecule has 1 rings (SSSR count). The van der Waals surface area contributed by atoms with Crippen LogP contribution in [0.1, 0.15) is 29.8 Å². The highest BCUT2D eigenvalue weighted by Crippen LogP contribution is 2.12. The molecule has 4 nitrogen and oxygen atoms in total. The third-order valence-electron chi connectivity index (χ3n) is 2.59. The molecule has 0 aromatic heterocycles. The molecule has 0 aliphatic carbocycles. The van der Waals surface area contributed by atoms with E-state index < -0.39 is 5.91 Å². The molecule has 0 atom stereocenters. The van der Waals surface area contributed by atoms with Crippen LogP contribution in [0.4, 0.5) is 4.39 Å². The Bertz CT molecular complexity index is 433. The quantitative estimate of drug-likeness (QED) is 0.807. The minimum absolute atomic E-state index is 0.274. The molecule has 0 unspecified atom stereocenters. The molecule has 0 bridgehead atoms. The molecular formula is C13H19FN2O2. The summed E-state index contributed by atoms with van der Waals surface area (Å²) in [6.45, 7) is 4.71. The Labute approximate surface area is 106 Å². The highest BCUT2D eigenvalue weighted by atomic mass is 19.1. The van der Waals surface area contributed by atoms with Gasteiger partial charge < -0.3 is 15.8 Å². The van der Waals surface area contributed by atoms with Crippen molar-refractivity contribution < 1.29 is 13.9 Å². The number of hydrogen-bond donors (Lipinski definition) is 2. The average molecular weight is 254 g/mol. The van der Waals surface area contributed by atoms with Gasteiger partial charge in [-0.25, -0.2) is 4.39 Å². The van der Waals surface area contributed by atoms with E-state index in [2.05, 4.69) is 5.32 Å². The first kappa shape index (κ1) is 14.6. The van der Waals surface area contributed by atoms with Crippen LogP contribution in [0, 0.1) is 5.82 Å². The minimum Gasteiger partial charge on any atom is -0.383 e. The van der Waals surface area contributed by atoms with Gasteiger partial charge in [0.05, 0.1) is 6.61 Å². The summed E-state index contributed by atoms with van der Waals surface area (Å²) in [5.74, 6) is -0.923. The summed E-state index contributed by atoms with van der Waals surface area (Å²) in [6.07, 6.45) is 0. The van der Waals surface area contributed by atoms with Gasteiger partial charge in [0.15, 0.2) is 0 Å². The molecule has 0 radical (unpaired) electrons. The second-order valence-corrected chi connectivity index (χ2v) is 4.84. The fourth-order valence-electron chi connectivity index (χ4n) is 1.61. The predicted octanol–water partition coefficient (Wildman–Crippen LogP) is 1.44. The first-order chi connectivity index (χ1) is 8.35. The molecule has 0 heterocycles. The maximum atomic E-state index is 13.6. The number of methoxy groups -OCH3 is 1. The van der Waals surface area contributed by atoms with Crippen molar-refractivity contribution in [3.63, 3.8) is 0 Å². The highest BCUT2D eigenvalue weighted by molar-refractivity contribution is 5.92. The van der Waals surface area contributed by atoms with Gasteiger partial charge in [0, 0.05) is 30.3 Å². The van der Waals surface area contributed by atoms with Crippen molar-refractivity contribution in [3.05, 3.63) is 35.1 Å². The van der Waals surface area contributed by atoms with Gasteiger partial charge in [0.25, 0.3) is 0 Å². The zero-order valence-electron chi connectivity index (χ0n) is 10.9. The molecule has 1 amide bonds.